The number of carbonyl (C=O) groups is 1. The number of hydrogen-bond donors (Lipinski definition) is 2. The molecule has 3 aromatic carbocycles. The van der Waals surface area contributed by atoms with Gasteiger partial charge in [0, 0.05) is 29.3 Å². The van der Waals surface area contributed by atoms with Crippen LogP contribution in [0.15, 0.2) is 72.9 Å². The zero-order valence-corrected chi connectivity index (χ0v) is 17.9. The predicted molar refractivity (Wildman–Crippen MR) is 125 cm³/mol. The highest BCUT2D eigenvalue weighted by Crippen LogP contribution is 2.34. The van der Waals surface area contributed by atoms with Crippen molar-refractivity contribution in [3.8, 4) is 11.1 Å². The van der Waals surface area contributed by atoms with Crippen LogP contribution in [0.5, 0.6) is 0 Å². The van der Waals surface area contributed by atoms with Crippen LogP contribution in [0.25, 0.3) is 21.9 Å². The maximum atomic E-state index is 13.1. The Hall–Kier alpha value is -3.87. The van der Waals surface area contributed by atoms with E-state index in [4.69, 9.17) is 5.73 Å². The Labute approximate surface area is 189 Å². The van der Waals surface area contributed by atoms with Crippen LogP contribution in [0, 0.1) is 6.92 Å². The minimum absolute atomic E-state index is 0.113. The van der Waals surface area contributed by atoms with Crippen LogP contribution in [0.3, 0.4) is 0 Å². The summed E-state index contributed by atoms with van der Waals surface area (Å²) in [6, 6.07) is 19.3. The Morgan fingerprint density at radius 3 is 2.52 bits per heavy atom. The zero-order valence-electron chi connectivity index (χ0n) is 17.9. The van der Waals surface area contributed by atoms with E-state index in [1.807, 2.05) is 48.5 Å². The van der Waals surface area contributed by atoms with Crippen molar-refractivity contribution in [3.05, 3.63) is 89.6 Å². The van der Waals surface area contributed by atoms with Gasteiger partial charge in [-0.3, -0.25) is 4.79 Å². The predicted octanol–water partition coefficient (Wildman–Crippen LogP) is 6.38. The number of nitrogens with one attached hydrogen (secondary N) is 1. The number of nitrogen functional groups attached to an aromatic ring is 1. The first-order valence-electron chi connectivity index (χ1n) is 10.4. The molecule has 4 nitrogen and oxygen atoms in total. The molecule has 33 heavy (non-hydrogen) atoms. The molecule has 0 bridgehead atoms. The number of aryl methyl sites for hydroxylation is 2. The molecule has 1 amide bonds. The van der Waals surface area contributed by atoms with E-state index in [0.717, 1.165) is 33.5 Å². The van der Waals surface area contributed by atoms with Gasteiger partial charge < -0.3 is 11.1 Å². The molecule has 4 aromatic rings. The third kappa shape index (κ3) is 4.98. The zero-order chi connectivity index (χ0) is 23.6. The van der Waals surface area contributed by atoms with Gasteiger partial charge in [0.1, 0.15) is 5.82 Å². The van der Waals surface area contributed by atoms with Crippen LogP contribution in [-0.2, 0) is 17.4 Å². The van der Waals surface area contributed by atoms with Crippen molar-refractivity contribution in [2.75, 3.05) is 11.1 Å². The first-order valence-corrected chi connectivity index (χ1v) is 10.4. The molecule has 0 aliphatic rings. The smallest absolute Gasteiger partial charge is 0.383 e. The van der Waals surface area contributed by atoms with E-state index in [9.17, 15) is 18.0 Å². The molecule has 1 aromatic heterocycles. The lowest BCUT2D eigenvalue weighted by Gasteiger charge is -2.13. The SMILES string of the molecule is Cc1ccc(NC(=O)CCc2cccc(-c3cnc(N)c4ccccc34)c2)cc1C(F)(F)F. The number of anilines is 2. The topological polar surface area (TPSA) is 68.0 Å². The Kier molecular flexibility index (Phi) is 6.05. The van der Waals surface area contributed by atoms with E-state index in [1.54, 1.807) is 6.20 Å². The summed E-state index contributed by atoms with van der Waals surface area (Å²) in [7, 11) is 0. The van der Waals surface area contributed by atoms with Gasteiger partial charge in [0.15, 0.2) is 0 Å². The summed E-state index contributed by atoms with van der Waals surface area (Å²) in [5, 5.41) is 4.42. The van der Waals surface area contributed by atoms with Crippen LogP contribution in [0.4, 0.5) is 24.7 Å². The largest absolute Gasteiger partial charge is 0.416 e. The number of rotatable bonds is 5. The molecule has 0 atom stereocenters. The minimum Gasteiger partial charge on any atom is -0.383 e. The molecule has 0 fully saturated rings. The number of amides is 1. The lowest BCUT2D eigenvalue weighted by atomic mass is 9.97. The lowest BCUT2D eigenvalue weighted by Crippen LogP contribution is -2.14. The van der Waals surface area contributed by atoms with E-state index in [0.29, 0.717) is 12.2 Å². The van der Waals surface area contributed by atoms with Gasteiger partial charge in [-0.25, -0.2) is 4.98 Å². The molecule has 0 unspecified atom stereocenters. The van der Waals surface area contributed by atoms with Crippen LogP contribution in [0.1, 0.15) is 23.1 Å². The number of fused-ring (bicyclic) bond motifs is 1. The summed E-state index contributed by atoms with van der Waals surface area (Å²) in [6.45, 7) is 1.39. The number of alkyl halides is 3. The maximum absolute atomic E-state index is 13.1. The molecule has 0 radical (unpaired) electrons. The maximum Gasteiger partial charge on any atom is 0.416 e. The van der Waals surface area contributed by atoms with E-state index in [1.165, 1.54) is 19.1 Å². The number of nitrogens with zero attached hydrogens (tertiary/aromatic N) is 1. The number of pyridine rings is 1. The molecule has 7 heteroatoms. The van der Waals surface area contributed by atoms with Crippen molar-refractivity contribution in [1.29, 1.82) is 0 Å². The second kappa shape index (κ2) is 8.94. The molecule has 1 heterocycles. The third-order valence-corrected chi connectivity index (χ3v) is 5.53. The van der Waals surface area contributed by atoms with Crippen LogP contribution >= 0.6 is 0 Å². The Balaban J connectivity index is 1.48. The van der Waals surface area contributed by atoms with Crippen molar-refractivity contribution in [2.24, 2.45) is 0 Å². The first-order chi connectivity index (χ1) is 15.7. The van der Waals surface area contributed by atoms with Crippen LogP contribution in [-0.4, -0.2) is 10.9 Å². The molecule has 0 aliphatic carbocycles. The minimum atomic E-state index is -4.47. The van der Waals surface area contributed by atoms with E-state index < -0.39 is 11.7 Å². The monoisotopic (exact) mass is 449 g/mol. The van der Waals surface area contributed by atoms with Crippen molar-refractivity contribution in [3.63, 3.8) is 0 Å². The first kappa shape index (κ1) is 22.3. The third-order valence-electron chi connectivity index (χ3n) is 5.53. The fourth-order valence-corrected chi connectivity index (χ4v) is 3.83. The van der Waals surface area contributed by atoms with Gasteiger partial charge in [-0.15, -0.1) is 0 Å². The molecule has 0 aliphatic heterocycles. The van der Waals surface area contributed by atoms with Crippen molar-refractivity contribution < 1.29 is 18.0 Å². The second-order valence-corrected chi connectivity index (χ2v) is 7.88. The standard InChI is InChI=1S/C26H22F3N3O/c1-16-9-11-19(14-23(16)26(27,28)29)32-24(33)12-10-17-5-4-6-18(13-17)22-15-31-25(30)21-8-3-2-7-20(21)22/h2-9,11,13-15H,10,12H2,1H3,(H2,30,31)(H,32,33). The Morgan fingerprint density at radius 2 is 1.76 bits per heavy atom. The number of aromatic nitrogens is 1. The van der Waals surface area contributed by atoms with E-state index in [2.05, 4.69) is 10.3 Å². The van der Waals surface area contributed by atoms with E-state index >= 15 is 0 Å². The molecular formula is C26H22F3N3O. The highest BCUT2D eigenvalue weighted by Gasteiger charge is 2.32. The van der Waals surface area contributed by atoms with Crippen molar-refractivity contribution in [2.45, 2.75) is 25.9 Å². The molecule has 3 N–H and O–H groups in total. The summed E-state index contributed by atoms with van der Waals surface area (Å²) in [6.07, 6.45) is -2.15. The highest BCUT2D eigenvalue weighted by molar-refractivity contribution is 6.01. The lowest BCUT2D eigenvalue weighted by molar-refractivity contribution is -0.138. The average Bonchev–Trinajstić information content (AvgIpc) is 2.79. The van der Waals surface area contributed by atoms with Gasteiger partial charge in [-0.1, -0.05) is 54.6 Å². The quantitative estimate of drug-likeness (QED) is 0.371. The number of halogens is 3. The van der Waals surface area contributed by atoms with Crippen LogP contribution in [0.2, 0.25) is 0 Å². The molecule has 0 saturated heterocycles. The number of carbonyl (C=O) groups excluding carboxylic acids is 1. The summed E-state index contributed by atoms with van der Waals surface area (Å²) in [4.78, 5) is 16.7. The second-order valence-electron chi connectivity index (χ2n) is 7.88. The molecule has 4 rings (SSSR count). The van der Waals surface area contributed by atoms with Gasteiger partial charge in [-0.05, 0) is 47.6 Å². The van der Waals surface area contributed by atoms with Gasteiger partial charge in [-0.2, -0.15) is 13.2 Å². The van der Waals surface area contributed by atoms with Gasteiger partial charge >= 0.3 is 6.18 Å². The summed E-state index contributed by atoms with van der Waals surface area (Å²) in [5.74, 6) is 0.115. The van der Waals surface area contributed by atoms with Gasteiger partial charge in [0.2, 0.25) is 5.91 Å². The molecule has 0 spiro atoms. The molecular weight excluding hydrogens is 427 g/mol. The summed E-state index contributed by atoms with van der Waals surface area (Å²) >= 11 is 0. The number of nitrogens with two attached hydrogens (primary N) is 1. The summed E-state index contributed by atoms with van der Waals surface area (Å²) < 4.78 is 39.3. The Morgan fingerprint density at radius 1 is 1.00 bits per heavy atom. The summed E-state index contributed by atoms with van der Waals surface area (Å²) in [5.41, 5.74) is 8.31. The fraction of sp³-hybridized carbons (Fsp3) is 0.154. The number of hydrogen-bond acceptors (Lipinski definition) is 3. The molecule has 0 saturated carbocycles. The normalized spacial score (nSPS) is 11.5. The van der Waals surface area contributed by atoms with Crippen molar-refractivity contribution in [1.82, 2.24) is 4.98 Å². The number of benzene rings is 3. The highest BCUT2D eigenvalue weighted by atomic mass is 19.4. The van der Waals surface area contributed by atoms with Crippen LogP contribution < -0.4 is 11.1 Å². The van der Waals surface area contributed by atoms with Crippen molar-refractivity contribution >= 4 is 28.2 Å². The van der Waals surface area contributed by atoms with Gasteiger partial charge in [0.05, 0.1) is 5.56 Å². The Bertz CT molecular complexity index is 1330. The fourth-order valence-electron chi connectivity index (χ4n) is 3.83. The molecule has 168 valence electrons. The van der Waals surface area contributed by atoms with E-state index in [-0.39, 0.29) is 23.6 Å². The van der Waals surface area contributed by atoms with Gasteiger partial charge in [0.25, 0.3) is 0 Å². The average molecular weight is 449 g/mol.